The fourth-order valence-electron chi connectivity index (χ4n) is 2.21. The summed E-state index contributed by atoms with van der Waals surface area (Å²) in [6, 6.07) is -5.98. The molecule has 0 fully saturated rings. The fourth-order valence-corrected chi connectivity index (χ4v) is 2.21. The van der Waals surface area contributed by atoms with E-state index in [1.807, 2.05) is 5.32 Å². The smallest absolute Gasteiger partial charge is 0.328 e. The second-order valence-electron chi connectivity index (χ2n) is 6.75. The van der Waals surface area contributed by atoms with Crippen molar-refractivity contribution in [3.05, 3.63) is 0 Å². The van der Waals surface area contributed by atoms with Gasteiger partial charge in [-0.3, -0.25) is 24.0 Å². The third-order valence-corrected chi connectivity index (χ3v) is 3.81. The van der Waals surface area contributed by atoms with Crippen LogP contribution in [0.15, 0.2) is 0 Å². The van der Waals surface area contributed by atoms with Gasteiger partial charge in [0.1, 0.15) is 18.1 Å². The molecule has 14 nitrogen and oxygen atoms in total. The molecule has 0 aliphatic carbocycles. The van der Waals surface area contributed by atoms with Crippen LogP contribution in [0.5, 0.6) is 0 Å². The number of hydrogen-bond acceptors (Lipinski definition) is 8. The average Bonchev–Trinajstić information content (AvgIpc) is 2.61. The maximum Gasteiger partial charge on any atom is 0.328 e. The van der Waals surface area contributed by atoms with Gasteiger partial charge in [-0.15, -0.1) is 0 Å². The molecular weight excluding hydrogens is 406 g/mol. The van der Waals surface area contributed by atoms with E-state index >= 15 is 0 Å². The average molecular weight is 433 g/mol. The van der Waals surface area contributed by atoms with Crippen molar-refractivity contribution in [1.29, 1.82) is 0 Å². The number of carbonyl (C=O) groups is 6. The van der Waals surface area contributed by atoms with E-state index in [0.717, 1.165) is 0 Å². The number of amides is 4. The number of nitrogens with one attached hydrogen (secondary N) is 3. The molecule has 0 saturated heterocycles. The number of carbonyl (C=O) groups excluding carboxylic acids is 4. The van der Waals surface area contributed by atoms with Gasteiger partial charge >= 0.3 is 11.9 Å². The molecule has 0 radical (unpaired) electrons. The Bertz CT molecular complexity index is 682. The first-order valence-corrected chi connectivity index (χ1v) is 8.80. The molecular formula is C16H27N5O9. The summed E-state index contributed by atoms with van der Waals surface area (Å²) in [5.41, 5.74) is 10.5. The van der Waals surface area contributed by atoms with E-state index in [-0.39, 0.29) is 0 Å². The van der Waals surface area contributed by atoms with Crippen molar-refractivity contribution in [2.45, 2.75) is 50.9 Å². The van der Waals surface area contributed by atoms with Crippen molar-refractivity contribution < 1.29 is 44.1 Å². The molecule has 4 amide bonds. The molecule has 0 saturated carbocycles. The minimum absolute atomic E-state index is 0.472. The third-order valence-electron chi connectivity index (χ3n) is 3.81. The van der Waals surface area contributed by atoms with E-state index in [1.54, 1.807) is 13.8 Å². The van der Waals surface area contributed by atoms with E-state index < -0.39 is 85.1 Å². The molecule has 0 bridgehead atoms. The molecule has 4 unspecified atom stereocenters. The lowest BCUT2D eigenvalue weighted by Crippen LogP contribution is -2.59. The molecule has 0 aromatic heterocycles. The Hall–Kier alpha value is -3.26. The van der Waals surface area contributed by atoms with Gasteiger partial charge in [-0.25, -0.2) is 4.79 Å². The van der Waals surface area contributed by atoms with Gasteiger partial charge in [-0.05, 0) is 5.92 Å². The molecule has 0 aromatic carbocycles. The molecule has 4 atom stereocenters. The van der Waals surface area contributed by atoms with Gasteiger partial charge in [0.05, 0.1) is 25.5 Å². The summed E-state index contributed by atoms with van der Waals surface area (Å²) in [5.74, 6) is -7.38. The Kier molecular flexibility index (Phi) is 11.0. The molecule has 0 aromatic rings. The van der Waals surface area contributed by atoms with E-state index in [4.69, 9.17) is 26.8 Å². The number of hydrogen-bond donors (Lipinski definition) is 8. The zero-order valence-electron chi connectivity index (χ0n) is 16.5. The van der Waals surface area contributed by atoms with Crippen LogP contribution in [0.1, 0.15) is 26.7 Å². The van der Waals surface area contributed by atoms with E-state index in [9.17, 15) is 28.8 Å². The zero-order valence-corrected chi connectivity index (χ0v) is 16.5. The number of carboxylic acids is 2. The van der Waals surface area contributed by atoms with E-state index in [1.165, 1.54) is 0 Å². The molecule has 0 spiro atoms. The summed E-state index contributed by atoms with van der Waals surface area (Å²) in [6.45, 7) is 2.13. The summed E-state index contributed by atoms with van der Waals surface area (Å²) in [7, 11) is 0. The van der Waals surface area contributed by atoms with Crippen molar-refractivity contribution in [1.82, 2.24) is 16.0 Å². The number of aliphatic hydroxyl groups is 1. The lowest BCUT2D eigenvalue weighted by Gasteiger charge is -2.26. The summed E-state index contributed by atoms with van der Waals surface area (Å²) < 4.78 is 0. The van der Waals surface area contributed by atoms with Gasteiger partial charge in [0, 0.05) is 0 Å². The Morgan fingerprint density at radius 1 is 0.833 bits per heavy atom. The molecule has 0 heterocycles. The maximum atomic E-state index is 12.6. The van der Waals surface area contributed by atoms with E-state index in [0.29, 0.717) is 0 Å². The summed E-state index contributed by atoms with van der Waals surface area (Å²) in [6.07, 6.45) is -1.37. The second kappa shape index (κ2) is 12.3. The molecule has 0 aliphatic heterocycles. The predicted molar refractivity (Wildman–Crippen MR) is 99.4 cm³/mol. The van der Waals surface area contributed by atoms with Crippen LogP contribution in [-0.4, -0.2) is 81.7 Å². The number of aliphatic carboxylic acids is 2. The van der Waals surface area contributed by atoms with Crippen LogP contribution in [0.2, 0.25) is 0 Å². The zero-order chi connectivity index (χ0) is 23.6. The lowest BCUT2D eigenvalue weighted by molar-refractivity contribution is -0.144. The number of rotatable bonds is 13. The van der Waals surface area contributed by atoms with Crippen LogP contribution in [-0.2, 0) is 28.8 Å². The highest BCUT2D eigenvalue weighted by atomic mass is 16.4. The number of nitrogens with two attached hydrogens (primary N) is 2. The van der Waals surface area contributed by atoms with Crippen LogP contribution >= 0.6 is 0 Å². The SMILES string of the molecule is CC(C)C(NC(=O)C(N)CC(N)=O)C(=O)NC(CC(=O)O)C(=O)NC(CO)C(=O)O. The number of carboxylic acid groups (broad SMARTS) is 2. The lowest BCUT2D eigenvalue weighted by atomic mass is 10.0. The van der Waals surface area contributed by atoms with Crippen molar-refractivity contribution >= 4 is 35.6 Å². The quantitative estimate of drug-likeness (QED) is 0.139. The predicted octanol–water partition coefficient (Wildman–Crippen LogP) is -4.15. The van der Waals surface area contributed by atoms with Gasteiger partial charge in [0.25, 0.3) is 0 Å². The molecule has 0 rings (SSSR count). The first kappa shape index (κ1) is 26.7. The number of primary amides is 1. The topological polar surface area (TPSA) is 251 Å². The van der Waals surface area contributed by atoms with Crippen LogP contribution in [0, 0.1) is 5.92 Å². The van der Waals surface area contributed by atoms with Gasteiger partial charge in [-0.2, -0.15) is 0 Å². The molecule has 0 aliphatic rings. The molecule has 14 heteroatoms. The van der Waals surface area contributed by atoms with Crippen molar-refractivity contribution in [2.75, 3.05) is 6.61 Å². The Labute approximate surface area is 171 Å². The molecule has 10 N–H and O–H groups in total. The van der Waals surface area contributed by atoms with Crippen LogP contribution < -0.4 is 27.4 Å². The molecule has 170 valence electrons. The van der Waals surface area contributed by atoms with Crippen molar-refractivity contribution in [2.24, 2.45) is 17.4 Å². The highest BCUT2D eigenvalue weighted by molar-refractivity contribution is 5.96. The Balaban J connectivity index is 5.37. The van der Waals surface area contributed by atoms with Crippen LogP contribution in [0.25, 0.3) is 0 Å². The summed E-state index contributed by atoms with van der Waals surface area (Å²) in [5, 5.41) is 33.1. The minimum atomic E-state index is -1.71. The highest BCUT2D eigenvalue weighted by Gasteiger charge is 2.32. The molecule has 30 heavy (non-hydrogen) atoms. The first-order chi connectivity index (χ1) is 13.8. The minimum Gasteiger partial charge on any atom is -0.481 e. The van der Waals surface area contributed by atoms with Gasteiger partial charge in [0.2, 0.25) is 23.6 Å². The largest absolute Gasteiger partial charge is 0.481 e. The van der Waals surface area contributed by atoms with Crippen molar-refractivity contribution in [3.63, 3.8) is 0 Å². The summed E-state index contributed by atoms with van der Waals surface area (Å²) >= 11 is 0. The van der Waals surface area contributed by atoms with Gasteiger partial charge in [0.15, 0.2) is 0 Å². The van der Waals surface area contributed by atoms with Gasteiger partial charge in [-0.1, -0.05) is 13.8 Å². The fraction of sp³-hybridized carbons (Fsp3) is 0.625. The summed E-state index contributed by atoms with van der Waals surface area (Å²) in [4.78, 5) is 69.7. The number of aliphatic hydroxyl groups excluding tert-OH is 1. The van der Waals surface area contributed by atoms with Crippen LogP contribution in [0.3, 0.4) is 0 Å². The Morgan fingerprint density at radius 2 is 1.37 bits per heavy atom. The third kappa shape index (κ3) is 9.29. The first-order valence-electron chi connectivity index (χ1n) is 8.80. The van der Waals surface area contributed by atoms with E-state index in [2.05, 4.69) is 10.6 Å². The van der Waals surface area contributed by atoms with Crippen molar-refractivity contribution in [3.8, 4) is 0 Å². The maximum absolute atomic E-state index is 12.6. The normalized spacial score (nSPS) is 14.7. The Morgan fingerprint density at radius 3 is 1.77 bits per heavy atom. The highest BCUT2D eigenvalue weighted by Crippen LogP contribution is 2.05. The second-order valence-corrected chi connectivity index (χ2v) is 6.75. The van der Waals surface area contributed by atoms with Crippen LogP contribution in [0.4, 0.5) is 0 Å². The monoisotopic (exact) mass is 433 g/mol. The standard InChI is InChI=1S/C16H27N5O9/c1-6(2)12(21-13(26)7(17)3-10(18)23)15(28)19-8(4-11(24)25)14(27)20-9(5-22)16(29)30/h6-9,12,22H,3-5,17H2,1-2H3,(H2,18,23)(H,19,28)(H,20,27)(H,21,26)(H,24,25)(H,29,30). The van der Waals surface area contributed by atoms with Gasteiger partial charge < -0.3 is 42.7 Å².